The van der Waals surface area contributed by atoms with Gasteiger partial charge in [0.25, 0.3) is 0 Å². The molecule has 7 aromatic carbocycles. The van der Waals surface area contributed by atoms with Gasteiger partial charge in [-0.2, -0.15) is 0 Å². The number of hydrogen-bond acceptors (Lipinski definition) is 0. The van der Waals surface area contributed by atoms with Gasteiger partial charge >= 0.3 is 0 Å². The number of nitrogens with one attached hydrogen (secondary N) is 1. The van der Waals surface area contributed by atoms with Gasteiger partial charge in [0.05, 0.1) is 5.52 Å². The third-order valence-corrected chi connectivity index (χ3v) is 8.32. The van der Waals surface area contributed by atoms with Crippen LogP contribution in [-0.4, -0.2) is 4.98 Å². The molecule has 1 aromatic heterocycles. The Morgan fingerprint density at radius 2 is 0.975 bits per heavy atom. The lowest BCUT2D eigenvalue weighted by molar-refractivity contribution is 1.53. The standard InChI is InChI=1S/C38H24ClN/c39-25-20-21-31(36(23-25)35-22-24-10-1-2-11-26(24)27-12-3-6-15-30(27)35)28-13-4-5-14-29(28)33-17-9-18-34-32-16-7-8-19-37(32)40-38(33)34/h1-23,40H. The zero-order valence-electron chi connectivity index (χ0n) is 21.7. The molecule has 0 saturated heterocycles. The molecule has 1 N–H and O–H groups in total. The molecule has 1 nitrogen and oxygen atoms in total. The first-order chi connectivity index (χ1) is 19.8. The maximum Gasteiger partial charge on any atom is 0.0544 e. The molecule has 0 aliphatic heterocycles. The van der Waals surface area contributed by atoms with Crippen LogP contribution >= 0.6 is 11.6 Å². The van der Waals surface area contributed by atoms with E-state index >= 15 is 0 Å². The third-order valence-electron chi connectivity index (χ3n) is 8.09. The monoisotopic (exact) mass is 529 g/mol. The lowest BCUT2D eigenvalue weighted by Gasteiger charge is -2.18. The van der Waals surface area contributed by atoms with E-state index in [1.807, 2.05) is 6.07 Å². The van der Waals surface area contributed by atoms with Crippen molar-refractivity contribution in [2.75, 3.05) is 0 Å². The van der Waals surface area contributed by atoms with Crippen LogP contribution in [0.4, 0.5) is 0 Å². The van der Waals surface area contributed by atoms with Gasteiger partial charge in [0.15, 0.2) is 0 Å². The number of rotatable bonds is 3. The van der Waals surface area contributed by atoms with Crippen LogP contribution in [0, 0.1) is 0 Å². The highest BCUT2D eigenvalue weighted by molar-refractivity contribution is 6.31. The van der Waals surface area contributed by atoms with E-state index in [1.165, 1.54) is 54.6 Å². The van der Waals surface area contributed by atoms with Crippen LogP contribution in [0.25, 0.3) is 76.7 Å². The van der Waals surface area contributed by atoms with Crippen molar-refractivity contribution in [2.45, 2.75) is 0 Å². The average molecular weight is 530 g/mol. The second-order valence-corrected chi connectivity index (χ2v) is 10.8. The Balaban J connectivity index is 1.43. The van der Waals surface area contributed by atoms with Gasteiger partial charge in [-0.3, -0.25) is 0 Å². The van der Waals surface area contributed by atoms with Gasteiger partial charge in [0.1, 0.15) is 0 Å². The maximum atomic E-state index is 6.70. The predicted molar refractivity (Wildman–Crippen MR) is 172 cm³/mol. The van der Waals surface area contributed by atoms with Gasteiger partial charge in [-0.05, 0) is 73.6 Å². The zero-order chi connectivity index (χ0) is 26.6. The van der Waals surface area contributed by atoms with Gasteiger partial charge in [0, 0.05) is 26.9 Å². The number of halogens is 1. The van der Waals surface area contributed by atoms with E-state index < -0.39 is 0 Å². The van der Waals surface area contributed by atoms with Crippen molar-refractivity contribution >= 4 is 55.0 Å². The average Bonchev–Trinajstić information content (AvgIpc) is 3.40. The molecule has 0 amide bonds. The molecular weight excluding hydrogens is 506 g/mol. The minimum atomic E-state index is 0.728. The molecule has 188 valence electrons. The fourth-order valence-electron chi connectivity index (χ4n) is 6.30. The fraction of sp³-hybridized carbons (Fsp3) is 0. The molecule has 40 heavy (non-hydrogen) atoms. The quantitative estimate of drug-likeness (QED) is 0.219. The Morgan fingerprint density at radius 3 is 1.82 bits per heavy atom. The highest BCUT2D eigenvalue weighted by atomic mass is 35.5. The number of para-hydroxylation sites is 2. The van der Waals surface area contributed by atoms with E-state index in [0.717, 1.165) is 27.2 Å². The highest BCUT2D eigenvalue weighted by Crippen LogP contribution is 2.44. The van der Waals surface area contributed by atoms with Gasteiger partial charge in [-0.25, -0.2) is 0 Å². The first kappa shape index (κ1) is 23.1. The molecule has 8 aromatic rings. The number of hydrogen-bond donors (Lipinski definition) is 1. The minimum Gasteiger partial charge on any atom is -0.354 e. The van der Waals surface area contributed by atoms with E-state index in [0.29, 0.717) is 0 Å². The topological polar surface area (TPSA) is 15.8 Å². The first-order valence-corrected chi connectivity index (χ1v) is 13.9. The van der Waals surface area contributed by atoms with Crippen LogP contribution in [-0.2, 0) is 0 Å². The summed E-state index contributed by atoms with van der Waals surface area (Å²) in [5, 5.41) is 8.16. The van der Waals surface area contributed by atoms with E-state index in [-0.39, 0.29) is 0 Å². The summed E-state index contributed by atoms with van der Waals surface area (Å²) in [5.74, 6) is 0. The summed E-state index contributed by atoms with van der Waals surface area (Å²) in [6.45, 7) is 0. The van der Waals surface area contributed by atoms with E-state index in [2.05, 4.69) is 138 Å². The Morgan fingerprint density at radius 1 is 0.375 bits per heavy atom. The smallest absolute Gasteiger partial charge is 0.0544 e. The van der Waals surface area contributed by atoms with Gasteiger partial charge < -0.3 is 4.98 Å². The predicted octanol–water partition coefficient (Wildman–Crippen LogP) is 11.3. The summed E-state index contributed by atoms with van der Waals surface area (Å²) >= 11 is 6.70. The second kappa shape index (κ2) is 9.12. The summed E-state index contributed by atoms with van der Waals surface area (Å²) in [5.41, 5.74) is 9.34. The summed E-state index contributed by atoms with van der Waals surface area (Å²) < 4.78 is 0. The van der Waals surface area contributed by atoms with Crippen molar-refractivity contribution in [2.24, 2.45) is 0 Å². The van der Waals surface area contributed by atoms with Crippen molar-refractivity contribution in [1.29, 1.82) is 0 Å². The third kappa shape index (κ3) is 3.56. The zero-order valence-corrected chi connectivity index (χ0v) is 22.4. The van der Waals surface area contributed by atoms with Crippen LogP contribution in [0.15, 0.2) is 140 Å². The van der Waals surface area contributed by atoms with Crippen molar-refractivity contribution in [3.63, 3.8) is 0 Å². The fourth-order valence-corrected chi connectivity index (χ4v) is 6.47. The van der Waals surface area contributed by atoms with E-state index in [1.54, 1.807) is 0 Å². The summed E-state index contributed by atoms with van der Waals surface area (Å²) in [7, 11) is 0. The van der Waals surface area contributed by atoms with Crippen LogP contribution in [0.3, 0.4) is 0 Å². The van der Waals surface area contributed by atoms with Crippen molar-refractivity contribution in [3.05, 3.63) is 145 Å². The molecule has 0 radical (unpaired) electrons. The molecule has 0 aliphatic rings. The van der Waals surface area contributed by atoms with Crippen LogP contribution in [0.2, 0.25) is 5.02 Å². The highest BCUT2D eigenvalue weighted by Gasteiger charge is 2.18. The molecule has 0 unspecified atom stereocenters. The second-order valence-electron chi connectivity index (χ2n) is 10.3. The van der Waals surface area contributed by atoms with Crippen molar-refractivity contribution < 1.29 is 0 Å². The lowest BCUT2D eigenvalue weighted by Crippen LogP contribution is -1.92. The molecule has 0 bridgehead atoms. The number of aromatic nitrogens is 1. The molecule has 1 heterocycles. The normalized spacial score (nSPS) is 11.6. The Kier molecular flexibility index (Phi) is 5.26. The van der Waals surface area contributed by atoms with Gasteiger partial charge in [-0.1, -0.05) is 127 Å². The number of fused-ring (bicyclic) bond motifs is 6. The molecule has 0 fully saturated rings. The van der Waals surface area contributed by atoms with Crippen LogP contribution in [0.5, 0.6) is 0 Å². The molecular formula is C38H24ClN. The molecule has 0 aliphatic carbocycles. The van der Waals surface area contributed by atoms with Gasteiger partial charge in [0.2, 0.25) is 0 Å². The number of benzene rings is 7. The summed E-state index contributed by atoms with van der Waals surface area (Å²) in [6.07, 6.45) is 0. The van der Waals surface area contributed by atoms with Crippen LogP contribution in [0.1, 0.15) is 0 Å². The SMILES string of the molecule is Clc1ccc(-c2ccccc2-c2cccc3c2[nH]c2ccccc23)c(-c2cc3ccccc3c3ccccc23)c1. The van der Waals surface area contributed by atoms with Crippen molar-refractivity contribution in [1.82, 2.24) is 4.98 Å². The largest absolute Gasteiger partial charge is 0.354 e. The molecule has 0 spiro atoms. The summed E-state index contributed by atoms with van der Waals surface area (Å²) in [6, 6.07) is 49.7. The molecule has 0 atom stereocenters. The van der Waals surface area contributed by atoms with Gasteiger partial charge in [-0.15, -0.1) is 0 Å². The first-order valence-electron chi connectivity index (χ1n) is 13.6. The maximum absolute atomic E-state index is 6.70. The van der Waals surface area contributed by atoms with Crippen molar-refractivity contribution in [3.8, 4) is 33.4 Å². The molecule has 8 rings (SSSR count). The number of H-pyrrole nitrogens is 1. The minimum absolute atomic E-state index is 0.728. The lowest BCUT2D eigenvalue weighted by atomic mass is 9.86. The Labute approximate surface area is 237 Å². The molecule has 0 saturated carbocycles. The Bertz CT molecular complexity index is 2240. The van der Waals surface area contributed by atoms with Crippen LogP contribution < -0.4 is 0 Å². The summed E-state index contributed by atoms with van der Waals surface area (Å²) in [4.78, 5) is 3.70. The molecule has 2 heteroatoms. The Hall–Kier alpha value is -4.85. The van der Waals surface area contributed by atoms with E-state index in [9.17, 15) is 0 Å². The number of aromatic amines is 1. The van der Waals surface area contributed by atoms with E-state index in [4.69, 9.17) is 11.6 Å².